The number of piperazine rings is 1. The van der Waals surface area contributed by atoms with Crippen LogP contribution in [0.2, 0.25) is 0 Å². The molecule has 0 aliphatic carbocycles. The molecule has 1 atom stereocenters. The number of rotatable bonds is 8. The molecule has 1 fully saturated rings. The topological polar surface area (TPSA) is 49.1 Å². The van der Waals surface area contributed by atoms with Crippen LogP contribution in [0.15, 0.2) is 47.1 Å². The number of nitrogens with zero attached hydrogens (tertiary/aromatic N) is 2. The van der Waals surface area contributed by atoms with Crippen molar-refractivity contribution in [1.29, 1.82) is 0 Å². The van der Waals surface area contributed by atoms with E-state index in [1.807, 2.05) is 18.2 Å². The Morgan fingerprint density at radius 3 is 2.93 bits per heavy atom. The third kappa shape index (κ3) is 5.42. The predicted octanol–water partition coefficient (Wildman–Crippen LogP) is 3.01. The van der Waals surface area contributed by atoms with Crippen molar-refractivity contribution in [3.63, 3.8) is 0 Å². The Morgan fingerprint density at radius 2 is 2.22 bits per heavy atom. The minimum absolute atomic E-state index is 0.127. The molecule has 1 N–H and O–H groups in total. The Kier molecular flexibility index (Phi) is 7.04. The second-order valence-electron chi connectivity index (χ2n) is 6.77. The number of furan rings is 1. The summed E-state index contributed by atoms with van der Waals surface area (Å²) in [6.45, 7) is 4.08. The van der Waals surface area contributed by atoms with Crippen molar-refractivity contribution in [2.45, 2.75) is 19.0 Å². The zero-order valence-electron chi connectivity index (χ0n) is 15.7. The second-order valence-corrected chi connectivity index (χ2v) is 6.77. The van der Waals surface area contributed by atoms with Crippen molar-refractivity contribution in [3.05, 3.63) is 59.8 Å². The van der Waals surface area contributed by atoms with Crippen LogP contribution >= 0.6 is 0 Å². The van der Waals surface area contributed by atoms with E-state index in [0.717, 1.165) is 31.9 Å². The van der Waals surface area contributed by atoms with Gasteiger partial charge in [0.15, 0.2) is 0 Å². The molecule has 0 saturated carbocycles. The van der Waals surface area contributed by atoms with Crippen LogP contribution < -0.4 is 4.74 Å². The van der Waals surface area contributed by atoms with E-state index in [2.05, 4.69) is 15.9 Å². The van der Waals surface area contributed by atoms with E-state index in [9.17, 15) is 9.50 Å². The molecule has 146 valence electrons. The van der Waals surface area contributed by atoms with Crippen molar-refractivity contribution < 1.29 is 18.7 Å². The third-order valence-corrected chi connectivity index (χ3v) is 4.97. The van der Waals surface area contributed by atoms with Gasteiger partial charge >= 0.3 is 0 Å². The predicted molar refractivity (Wildman–Crippen MR) is 103 cm³/mol. The lowest BCUT2D eigenvalue weighted by atomic mass is 10.1. The van der Waals surface area contributed by atoms with Gasteiger partial charge in [-0.05, 0) is 30.7 Å². The van der Waals surface area contributed by atoms with Gasteiger partial charge in [-0.25, -0.2) is 4.39 Å². The van der Waals surface area contributed by atoms with Gasteiger partial charge in [0.1, 0.15) is 17.3 Å². The third-order valence-electron chi connectivity index (χ3n) is 4.97. The molecule has 5 nitrogen and oxygen atoms in total. The van der Waals surface area contributed by atoms with Gasteiger partial charge in [-0.15, -0.1) is 0 Å². The molecule has 1 aliphatic rings. The minimum atomic E-state index is -0.249. The number of halogens is 1. The van der Waals surface area contributed by atoms with E-state index in [1.165, 1.54) is 13.2 Å². The molecular weight excluding hydrogens is 347 g/mol. The lowest BCUT2D eigenvalue weighted by Gasteiger charge is -2.41. The average molecular weight is 374 g/mol. The van der Waals surface area contributed by atoms with Gasteiger partial charge in [0.2, 0.25) is 0 Å². The summed E-state index contributed by atoms with van der Waals surface area (Å²) in [6, 6.07) is 8.98. The van der Waals surface area contributed by atoms with Crippen LogP contribution in [-0.4, -0.2) is 60.8 Å². The second kappa shape index (κ2) is 9.69. The first-order valence-corrected chi connectivity index (χ1v) is 9.29. The van der Waals surface area contributed by atoms with E-state index in [1.54, 1.807) is 18.4 Å². The summed E-state index contributed by atoms with van der Waals surface area (Å²) in [5.74, 6) is 1.12. The SMILES string of the molecule is COc1ccc(CN2CCN(C/C=C/c3ccco3)C[C@H]2CCO)c(F)c1. The van der Waals surface area contributed by atoms with Crippen molar-refractivity contribution in [1.82, 2.24) is 9.80 Å². The molecule has 0 radical (unpaired) electrons. The van der Waals surface area contributed by atoms with Crippen LogP contribution in [0.5, 0.6) is 5.75 Å². The maximum absolute atomic E-state index is 14.3. The number of hydrogen-bond donors (Lipinski definition) is 1. The van der Waals surface area contributed by atoms with Crippen molar-refractivity contribution in [2.75, 3.05) is 39.9 Å². The molecule has 1 saturated heterocycles. The number of benzene rings is 1. The van der Waals surface area contributed by atoms with Crippen LogP contribution in [0.25, 0.3) is 6.08 Å². The summed E-state index contributed by atoms with van der Waals surface area (Å²) >= 11 is 0. The number of aliphatic hydroxyl groups is 1. The first-order chi connectivity index (χ1) is 13.2. The van der Waals surface area contributed by atoms with E-state index in [4.69, 9.17) is 9.15 Å². The molecule has 2 heterocycles. The smallest absolute Gasteiger partial charge is 0.131 e. The van der Waals surface area contributed by atoms with Crippen LogP contribution in [0.4, 0.5) is 4.39 Å². The first kappa shape index (κ1) is 19.6. The number of methoxy groups -OCH3 is 1. The molecule has 0 amide bonds. The van der Waals surface area contributed by atoms with Crippen molar-refractivity contribution in [2.24, 2.45) is 0 Å². The summed E-state index contributed by atoms with van der Waals surface area (Å²) < 4.78 is 24.7. The summed E-state index contributed by atoms with van der Waals surface area (Å²) in [5.41, 5.74) is 0.657. The zero-order valence-corrected chi connectivity index (χ0v) is 15.7. The largest absolute Gasteiger partial charge is 0.497 e. The highest BCUT2D eigenvalue weighted by Crippen LogP contribution is 2.21. The highest BCUT2D eigenvalue weighted by molar-refractivity contribution is 5.42. The molecular formula is C21H27FN2O3. The van der Waals surface area contributed by atoms with Crippen LogP contribution in [0.3, 0.4) is 0 Å². The molecule has 1 aromatic carbocycles. The molecule has 2 aromatic rings. The van der Waals surface area contributed by atoms with Crippen molar-refractivity contribution in [3.8, 4) is 5.75 Å². The Balaban J connectivity index is 1.59. The van der Waals surface area contributed by atoms with Gasteiger partial charge in [-0.3, -0.25) is 9.80 Å². The van der Waals surface area contributed by atoms with E-state index in [0.29, 0.717) is 24.3 Å². The molecule has 1 aromatic heterocycles. The van der Waals surface area contributed by atoms with Gasteiger partial charge < -0.3 is 14.3 Å². The van der Waals surface area contributed by atoms with Gasteiger partial charge in [-0.2, -0.15) is 0 Å². The van der Waals surface area contributed by atoms with Gasteiger partial charge in [-0.1, -0.05) is 12.1 Å². The summed E-state index contributed by atoms with van der Waals surface area (Å²) in [6.07, 6.45) is 6.40. The highest BCUT2D eigenvalue weighted by Gasteiger charge is 2.26. The molecule has 6 heteroatoms. The molecule has 3 rings (SSSR count). The summed E-state index contributed by atoms with van der Waals surface area (Å²) in [4.78, 5) is 4.61. The Hall–Kier alpha value is -2.15. The maximum Gasteiger partial charge on any atom is 0.131 e. The fourth-order valence-electron chi connectivity index (χ4n) is 3.46. The first-order valence-electron chi connectivity index (χ1n) is 9.29. The van der Waals surface area contributed by atoms with Crippen LogP contribution in [0.1, 0.15) is 17.7 Å². The Morgan fingerprint density at radius 1 is 1.33 bits per heavy atom. The fourth-order valence-corrected chi connectivity index (χ4v) is 3.46. The molecule has 0 spiro atoms. The highest BCUT2D eigenvalue weighted by atomic mass is 19.1. The Bertz CT molecular complexity index is 733. The zero-order chi connectivity index (χ0) is 19.1. The normalized spacial score (nSPS) is 19.0. The number of hydrogen-bond acceptors (Lipinski definition) is 5. The number of ether oxygens (including phenoxy) is 1. The fraction of sp³-hybridized carbons (Fsp3) is 0.429. The van der Waals surface area contributed by atoms with Crippen molar-refractivity contribution >= 4 is 6.08 Å². The van der Waals surface area contributed by atoms with E-state index < -0.39 is 0 Å². The molecule has 0 bridgehead atoms. The quantitative estimate of drug-likeness (QED) is 0.770. The van der Waals surface area contributed by atoms with Gasteiger partial charge in [0.25, 0.3) is 0 Å². The molecule has 1 aliphatic heterocycles. The minimum Gasteiger partial charge on any atom is -0.497 e. The monoisotopic (exact) mass is 374 g/mol. The van der Waals surface area contributed by atoms with E-state index in [-0.39, 0.29) is 18.5 Å². The molecule has 0 unspecified atom stereocenters. The van der Waals surface area contributed by atoms with Crippen LogP contribution in [0, 0.1) is 5.82 Å². The summed E-state index contributed by atoms with van der Waals surface area (Å²) in [5, 5.41) is 9.45. The van der Waals surface area contributed by atoms with E-state index >= 15 is 0 Å². The lowest BCUT2D eigenvalue weighted by molar-refractivity contribution is 0.0589. The van der Waals surface area contributed by atoms with Crippen LogP contribution in [-0.2, 0) is 6.54 Å². The summed E-state index contributed by atoms with van der Waals surface area (Å²) in [7, 11) is 1.53. The standard InChI is InChI=1S/C21H27FN2O3/c1-26-20-7-6-17(21(22)14-20)15-24-11-10-23(16-18(24)8-12-25)9-2-4-19-5-3-13-27-19/h2-7,13-14,18,25H,8-12,15-16H2,1H3/b4-2+/t18-/m1/s1. The molecule has 27 heavy (non-hydrogen) atoms. The lowest BCUT2D eigenvalue weighted by Crippen LogP contribution is -2.52. The van der Waals surface area contributed by atoms with Gasteiger partial charge in [0.05, 0.1) is 13.4 Å². The van der Waals surface area contributed by atoms with Gasteiger partial charge in [0, 0.05) is 57.0 Å². The average Bonchev–Trinajstić information content (AvgIpc) is 3.19. The Labute approximate surface area is 159 Å². The maximum atomic E-state index is 14.3. The number of aliphatic hydroxyl groups excluding tert-OH is 1.